The lowest BCUT2D eigenvalue weighted by molar-refractivity contribution is -0.141. The topological polar surface area (TPSA) is 88.9 Å². The number of nitrogens with zero attached hydrogens (tertiary/aromatic N) is 3. The quantitative estimate of drug-likeness (QED) is 0.159. The highest BCUT2D eigenvalue weighted by Crippen LogP contribution is 2.37. The SMILES string of the molecule is CC[C@@H](C(=O)N[C@@H](Cc1cc(F)cc(F)c1)c1ncccc1-c1ccc(F)c(C(=O)NC)c1)n1nc(C(F)(F)F)c2cc(C)c(C)cc21. The first-order chi connectivity index (χ1) is 22.7. The fraction of sp³-hybridized carbons (Fsp3) is 0.257. The highest BCUT2D eigenvalue weighted by Gasteiger charge is 2.38. The van der Waals surface area contributed by atoms with Crippen LogP contribution in [-0.2, 0) is 17.4 Å². The number of alkyl halides is 3. The number of amides is 2. The van der Waals surface area contributed by atoms with Crippen molar-refractivity contribution in [3.8, 4) is 11.1 Å². The molecule has 3 aromatic carbocycles. The van der Waals surface area contributed by atoms with Gasteiger partial charge in [0, 0.05) is 30.3 Å². The van der Waals surface area contributed by atoms with Crippen LogP contribution in [0.15, 0.2) is 66.9 Å². The maximum Gasteiger partial charge on any atom is 0.435 e. The van der Waals surface area contributed by atoms with Crippen LogP contribution in [0.4, 0.5) is 26.3 Å². The number of hydrogen-bond acceptors (Lipinski definition) is 4. The molecule has 0 aliphatic carbocycles. The number of aryl methyl sites for hydroxylation is 2. The number of hydrogen-bond donors (Lipinski definition) is 2. The summed E-state index contributed by atoms with van der Waals surface area (Å²) in [5, 5.41) is 8.93. The molecule has 0 bridgehead atoms. The maximum absolute atomic E-state index is 14.6. The van der Waals surface area contributed by atoms with Gasteiger partial charge in [-0.3, -0.25) is 19.3 Å². The summed E-state index contributed by atoms with van der Waals surface area (Å²) in [5.74, 6) is -3.89. The third kappa shape index (κ3) is 6.90. The van der Waals surface area contributed by atoms with Gasteiger partial charge in [-0.2, -0.15) is 18.3 Å². The van der Waals surface area contributed by atoms with Crippen LogP contribution in [-0.4, -0.2) is 33.6 Å². The predicted octanol–water partition coefficient (Wildman–Crippen LogP) is 7.56. The van der Waals surface area contributed by atoms with E-state index in [1.807, 2.05) is 0 Å². The Bertz CT molecular complexity index is 2000. The van der Waals surface area contributed by atoms with E-state index in [0.717, 1.165) is 22.9 Å². The fourth-order valence-corrected chi connectivity index (χ4v) is 5.70. The molecule has 2 atom stereocenters. The van der Waals surface area contributed by atoms with E-state index in [2.05, 4.69) is 20.7 Å². The van der Waals surface area contributed by atoms with Crippen molar-refractivity contribution >= 4 is 22.7 Å². The lowest BCUT2D eigenvalue weighted by atomic mass is 9.94. The third-order valence-corrected chi connectivity index (χ3v) is 8.17. The second kappa shape index (κ2) is 13.5. The maximum atomic E-state index is 14.6. The summed E-state index contributed by atoms with van der Waals surface area (Å²) in [6.07, 6.45) is -3.52. The average Bonchev–Trinajstić information content (AvgIpc) is 3.39. The molecule has 2 heterocycles. The van der Waals surface area contributed by atoms with E-state index in [-0.39, 0.29) is 40.6 Å². The van der Waals surface area contributed by atoms with Crippen molar-refractivity contribution in [3.05, 3.63) is 118 Å². The van der Waals surface area contributed by atoms with Gasteiger partial charge in [0.15, 0.2) is 5.69 Å². The highest BCUT2D eigenvalue weighted by atomic mass is 19.4. The zero-order chi connectivity index (χ0) is 34.9. The number of benzene rings is 3. The molecule has 5 aromatic rings. The molecule has 5 rings (SSSR count). The van der Waals surface area contributed by atoms with Gasteiger partial charge in [0.1, 0.15) is 23.5 Å². The standard InChI is InChI=1S/C35H31F6N5O2/c1-5-29(46-30-12-19(3)18(2)11-26(30)32(45-46)35(39,40)41)34(48)44-28(15-20-13-22(36)17-23(37)14-20)31-24(7-6-10-43-31)21-8-9-27(38)25(16-21)33(47)42-4/h6-14,16-17,28-29H,5,15H2,1-4H3,(H,42,47)(H,44,48)/t28-,29-/m0/s1. The van der Waals surface area contributed by atoms with Crippen LogP contribution in [0, 0.1) is 31.3 Å². The first kappa shape index (κ1) is 34.1. The number of rotatable bonds is 9. The van der Waals surface area contributed by atoms with E-state index in [0.29, 0.717) is 28.3 Å². The van der Waals surface area contributed by atoms with Crippen molar-refractivity contribution in [2.45, 2.75) is 51.9 Å². The Hall–Kier alpha value is -5.20. The number of halogens is 6. The number of carbonyl (C=O) groups excluding carboxylic acids is 2. The summed E-state index contributed by atoms with van der Waals surface area (Å²) in [6, 6.07) is 10.5. The molecule has 250 valence electrons. The van der Waals surface area contributed by atoms with Crippen molar-refractivity contribution < 1.29 is 35.9 Å². The lowest BCUT2D eigenvalue weighted by Gasteiger charge is -2.25. The van der Waals surface area contributed by atoms with Gasteiger partial charge in [0.25, 0.3) is 5.91 Å². The van der Waals surface area contributed by atoms with E-state index in [1.165, 1.54) is 31.4 Å². The van der Waals surface area contributed by atoms with Crippen LogP contribution in [0.25, 0.3) is 22.0 Å². The second-order valence-electron chi connectivity index (χ2n) is 11.4. The molecule has 0 saturated heterocycles. The second-order valence-corrected chi connectivity index (χ2v) is 11.4. The molecule has 0 fully saturated rings. The molecule has 0 aliphatic rings. The normalized spacial score (nSPS) is 13.0. The molecule has 0 aliphatic heterocycles. The van der Waals surface area contributed by atoms with Crippen LogP contribution in [0.5, 0.6) is 0 Å². The Kier molecular flexibility index (Phi) is 9.60. The first-order valence-electron chi connectivity index (χ1n) is 15.0. The number of fused-ring (bicyclic) bond motifs is 1. The van der Waals surface area contributed by atoms with Crippen LogP contribution >= 0.6 is 0 Å². The minimum atomic E-state index is -4.80. The number of nitrogens with one attached hydrogen (secondary N) is 2. The van der Waals surface area contributed by atoms with Gasteiger partial charge < -0.3 is 10.6 Å². The van der Waals surface area contributed by atoms with Crippen molar-refractivity contribution in [2.75, 3.05) is 7.05 Å². The summed E-state index contributed by atoms with van der Waals surface area (Å²) in [6.45, 7) is 5.04. The fourth-order valence-electron chi connectivity index (χ4n) is 5.70. The van der Waals surface area contributed by atoms with E-state index < -0.39 is 53.2 Å². The van der Waals surface area contributed by atoms with Gasteiger partial charge in [-0.1, -0.05) is 19.1 Å². The van der Waals surface area contributed by atoms with E-state index >= 15 is 0 Å². The number of aromatic nitrogens is 3. The van der Waals surface area contributed by atoms with Crippen LogP contribution in [0.2, 0.25) is 0 Å². The monoisotopic (exact) mass is 667 g/mol. The zero-order valence-electron chi connectivity index (χ0n) is 26.3. The molecule has 0 spiro atoms. The van der Waals surface area contributed by atoms with E-state index in [1.54, 1.807) is 39.0 Å². The Morgan fingerprint density at radius 1 is 0.938 bits per heavy atom. The molecule has 0 unspecified atom stereocenters. The Labute approximate surface area is 272 Å². The minimum absolute atomic E-state index is 0.0384. The molecule has 13 heteroatoms. The molecular formula is C35H31F6N5O2. The molecule has 0 radical (unpaired) electrons. The molecule has 2 amide bonds. The molecule has 2 N–H and O–H groups in total. The number of pyridine rings is 1. The summed E-state index contributed by atoms with van der Waals surface area (Å²) < 4.78 is 86.5. The van der Waals surface area contributed by atoms with Crippen molar-refractivity contribution in [1.82, 2.24) is 25.4 Å². The highest BCUT2D eigenvalue weighted by molar-refractivity contribution is 5.95. The molecule has 48 heavy (non-hydrogen) atoms. The van der Waals surface area contributed by atoms with Crippen LogP contribution in [0.1, 0.15) is 63.9 Å². The predicted molar refractivity (Wildman–Crippen MR) is 168 cm³/mol. The summed E-state index contributed by atoms with van der Waals surface area (Å²) >= 11 is 0. The Morgan fingerprint density at radius 2 is 1.62 bits per heavy atom. The summed E-state index contributed by atoms with van der Waals surface area (Å²) in [7, 11) is 1.35. The van der Waals surface area contributed by atoms with Crippen molar-refractivity contribution in [1.29, 1.82) is 0 Å². The lowest BCUT2D eigenvalue weighted by Crippen LogP contribution is -2.37. The molecule has 0 saturated carbocycles. The third-order valence-electron chi connectivity index (χ3n) is 8.17. The average molecular weight is 668 g/mol. The van der Waals surface area contributed by atoms with Crippen molar-refractivity contribution in [3.63, 3.8) is 0 Å². The minimum Gasteiger partial charge on any atom is -0.355 e. The van der Waals surface area contributed by atoms with Crippen LogP contribution in [0.3, 0.4) is 0 Å². The first-order valence-corrected chi connectivity index (χ1v) is 15.0. The molecule has 2 aromatic heterocycles. The zero-order valence-corrected chi connectivity index (χ0v) is 26.3. The van der Waals surface area contributed by atoms with Gasteiger partial charge in [0.2, 0.25) is 5.91 Å². The van der Waals surface area contributed by atoms with Gasteiger partial charge in [0.05, 0.1) is 22.8 Å². The van der Waals surface area contributed by atoms with E-state index in [9.17, 15) is 35.9 Å². The Morgan fingerprint density at radius 3 is 2.27 bits per heavy atom. The van der Waals surface area contributed by atoms with Gasteiger partial charge in [-0.05, 0) is 91.4 Å². The van der Waals surface area contributed by atoms with Crippen molar-refractivity contribution in [2.24, 2.45) is 0 Å². The smallest absolute Gasteiger partial charge is 0.355 e. The van der Waals surface area contributed by atoms with E-state index in [4.69, 9.17) is 0 Å². The van der Waals surface area contributed by atoms with Gasteiger partial charge in [-0.15, -0.1) is 0 Å². The van der Waals surface area contributed by atoms with Crippen LogP contribution < -0.4 is 10.6 Å². The summed E-state index contributed by atoms with van der Waals surface area (Å²) in [4.78, 5) is 30.9. The largest absolute Gasteiger partial charge is 0.435 e. The van der Waals surface area contributed by atoms with Gasteiger partial charge >= 0.3 is 6.18 Å². The molecular weight excluding hydrogens is 636 g/mol. The summed E-state index contributed by atoms with van der Waals surface area (Å²) in [5.41, 5.74) is 1.14. The molecule has 7 nitrogen and oxygen atoms in total. The Balaban J connectivity index is 1.62. The van der Waals surface area contributed by atoms with Gasteiger partial charge in [-0.25, -0.2) is 13.2 Å². The number of carbonyl (C=O) groups is 2.